The van der Waals surface area contributed by atoms with Gasteiger partial charge in [-0.05, 0) is 68.0 Å². The number of rotatable bonds is 6. The van der Waals surface area contributed by atoms with Gasteiger partial charge >= 0.3 is 6.03 Å². The van der Waals surface area contributed by atoms with Crippen LogP contribution in [0, 0.1) is 5.92 Å². The number of anilines is 1. The second kappa shape index (κ2) is 9.55. The van der Waals surface area contributed by atoms with E-state index in [1.54, 1.807) is 6.07 Å². The highest BCUT2D eigenvalue weighted by Gasteiger charge is 2.52. The molecule has 1 saturated carbocycles. The van der Waals surface area contributed by atoms with E-state index in [4.69, 9.17) is 11.6 Å². The highest BCUT2D eigenvalue weighted by molar-refractivity contribution is 7.99. The van der Waals surface area contributed by atoms with Crippen molar-refractivity contribution in [2.75, 3.05) is 11.9 Å². The average Bonchev–Trinajstić information content (AvgIpc) is 3.01. The first-order valence-corrected chi connectivity index (χ1v) is 12.1. The number of urea groups is 1. The predicted molar refractivity (Wildman–Crippen MR) is 126 cm³/mol. The van der Waals surface area contributed by atoms with Crippen molar-refractivity contribution in [3.05, 3.63) is 53.6 Å². The maximum absolute atomic E-state index is 13.1. The number of para-hydroxylation sites is 1. The van der Waals surface area contributed by atoms with Crippen molar-refractivity contribution in [3.8, 4) is 0 Å². The van der Waals surface area contributed by atoms with Gasteiger partial charge in [-0.25, -0.2) is 4.79 Å². The van der Waals surface area contributed by atoms with E-state index in [2.05, 4.69) is 17.6 Å². The van der Waals surface area contributed by atoms with Gasteiger partial charge in [0.1, 0.15) is 12.1 Å². The van der Waals surface area contributed by atoms with Crippen LogP contribution in [0.25, 0.3) is 0 Å². The van der Waals surface area contributed by atoms with Crippen molar-refractivity contribution < 1.29 is 14.4 Å². The highest BCUT2D eigenvalue weighted by Crippen LogP contribution is 2.38. The molecule has 4 rings (SSSR count). The van der Waals surface area contributed by atoms with E-state index in [9.17, 15) is 14.4 Å². The van der Waals surface area contributed by atoms with Crippen LogP contribution in [-0.4, -0.2) is 34.8 Å². The third-order valence-corrected chi connectivity index (χ3v) is 7.62. The van der Waals surface area contributed by atoms with Crippen LogP contribution in [0.5, 0.6) is 0 Å². The smallest absolute Gasteiger partial charge is 0.323 e. The summed E-state index contributed by atoms with van der Waals surface area (Å²) in [4.78, 5) is 41.2. The molecular weight excluding hydrogens is 446 g/mol. The fourth-order valence-corrected chi connectivity index (χ4v) is 5.39. The summed E-state index contributed by atoms with van der Waals surface area (Å²) in [6.07, 6.45) is 4.18. The number of imide groups is 1. The average molecular weight is 472 g/mol. The zero-order valence-electron chi connectivity index (χ0n) is 17.9. The molecule has 2 fully saturated rings. The monoisotopic (exact) mass is 471 g/mol. The molecule has 6 nitrogen and oxygen atoms in total. The number of benzene rings is 2. The van der Waals surface area contributed by atoms with E-state index in [0.29, 0.717) is 29.5 Å². The molecule has 2 N–H and O–H groups in total. The summed E-state index contributed by atoms with van der Waals surface area (Å²) in [5, 5.41) is 6.39. The summed E-state index contributed by atoms with van der Waals surface area (Å²) in [7, 11) is 0. The standard InChI is InChI=1S/C24H26ClN3O3S/c1-2-16-11-13-24(14-12-16)22(30)28(23(31)27-24)15-21(29)26-19-5-3-4-6-20(19)32-18-9-7-17(25)8-10-18/h3-10,16H,2,11-15H2,1H3,(H,26,29)(H,27,31). The lowest BCUT2D eigenvalue weighted by Gasteiger charge is -2.34. The van der Waals surface area contributed by atoms with Crippen molar-refractivity contribution in [2.24, 2.45) is 5.92 Å². The van der Waals surface area contributed by atoms with E-state index in [-0.39, 0.29) is 12.5 Å². The number of hydrogen-bond acceptors (Lipinski definition) is 4. The third kappa shape index (κ3) is 4.79. The van der Waals surface area contributed by atoms with Crippen LogP contribution in [0.15, 0.2) is 58.3 Å². The second-order valence-electron chi connectivity index (χ2n) is 8.36. The second-order valence-corrected chi connectivity index (χ2v) is 9.91. The van der Waals surface area contributed by atoms with Gasteiger partial charge in [0.15, 0.2) is 0 Å². The fourth-order valence-electron chi connectivity index (χ4n) is 4.36. The van der Waals surface area contributed by atoms with Crippen LogP contribution >= 0.6 is 23.4 Å². The summed E-state index contributed by atoms with van der Waals surface area (Å²) in [5.74, 6) is -0.0923. The van der Waals surface area contributed by atoms with Crippen molar-refractivity contribution in [2.45, 2.75) is 54.4 Å². The molecule has 4 amide bonds. The highest BCUT2D eigenvalue weighted by atomic mass is 35.5. The SMILES string of the molecule is CCC1CCC2(CC1)NC(=O)N(CC(=O)Nc1ccccc1Sc1ccc(Cl)cc1)C2=O. The van der Waals surface area contributed by atoms with Crippen LogP contribution in [0.4, 0.5) is 10.5 Å². The summed E-state index contributed by atoms with van der Waals surface area (Å²) < 4.78 is 0. The third-order valence-electron chi connectivity index (χ3n) is 6.29. The molecule has 2 aromatic rings. The van der Waals surface area contributed by atoms with Gasteiger partial charge in [-0.1, -0.05) is 48.8 Å². The molecule has 0 unspecified atom stereocenters. The molecule has 1 aliphatic heterocycles. The Labute approximate surface area is 197 Å². The lowest BCUT2D eigenvalue weighted by atomic mass is 9.75. The Hall–Kier alpha value is -2.51. The van der Waals surface area contributed by atoms with Crippen LogP contribution in [0.2, 0.25) is 5.02 Å². The Kier molecular flexibility index (Phi) is 6.76. The van der Waals surface area contributed by atoms with Gasteiger partial charge in [-0.15, -0.1) is 0 Å². The summed E-state index contributed by atoms with van der Waals surface area (Å²) in [6.45, 7) is 1.85. The predicted octanol–water partition coefficient (Wildman–Crippen LogP) is 5.32. The van der Waals surface area contributed by atoms with Gasteiger partial charge in [0.25, 0.3) is 5.91 Å². The molecule has 0 aromatic heterocycles. The lowest BCUT2D eigenvalue weighted by Crippen LogP contribution is -2.49. The van der Waals surface area contributed by atoms with Crippen molar-refractivity contribution in [1.29, 1.82) is 0 Å². The maximum Gasteiger partial charge on any atom is 0.325 e. The van der Waals surface area contributed by atoms with Crippen LogP contribution in [-0.2, 0) is 9.59 Å². The summed E-state index contributed by atoms with van der Waals surface area (Å²) in [6, 6.07) is 14.4. The maximum atomic E-state index is 13.1. The number of amides is 4. The Balaban J connectivity index is 1.41. The number of hydrogen-bond donors (Lipinski definition) is 2. The molecule has 32 heavy (non-hydrogen) atoms. The molecule has 1 aliphatic carbocycles. The minimum Gasteiger partial charge on any atom is -0.323 e. The first kappa shape index (κ1) is 22.7. The molecule has 8 heteroatoms. The van der Waals surface area contributed by atoms with Crippen molar-refractivity contribution in [3.63, 3.8) is 0 Å². The normalized spacial score (nSPS) is 22.8. The molecule has 2 aliphatic rings. The molecule has 1 heterocycles. The van der Waals surface area contributed by atoms with Crippen molar-refractivity contribution >= 4 is 46.9 Å². The first-order chi connectivity index (χ1) is 15.4. The Bertz CT molecular complexity index is 1020. The minimum absolute atomic E-state index is 0.281. The van der Waals surface area contributed by atoms with Crippen LogP contribution in [0.3, 0.4) is 0 Å². The van der Waals surface area contributed by atoms with Gasteiger partial charge in [0, 0.05) is 14.8 Å². The summed E-state index contributed by atoms with van der Waals surface area (Å²) in [5.41, 5.74) is -0.214. The first-order valence-electron chi connectivity index (χ1n) is 10.9. The molecule has 168 valence electrons. The number of nitrogens with zero attached hydrogens (tertiary/aromatic N) is 1. The Morgan fingerprint density at radius 3 is 2.53 bits per heavy atom. The molecule has 1 saturated heterocycles. The van der Waals surface area contributed by atoms with Gasteiger partial charge < -0.3 is 10.6 Å². The topological polar surface area (TPSA) is 78.5 Å². The summed E-state index contributed by atoms with van der Waals surface area (Å²) >= 11 is 7.45. The largest absolute Gasteiger partial charge is 0.325 e. The van der Waals surface area contributed by atoms with Crippen LogP contribution < -0.4 is 10.6 Å². The number of halogens is 1. The van der Waals surface area contributed by atoms with Crippen LogP contribution in [0.1, 0.15) is 39.0 Å². The molecule has 1 spiro atoms. The van der Waals surface area contributed by atoms with Gasteiger partial charge in [-0.2, -0.15) is 0 Å². The quantitative estimate of drug-likeness (QED) is 0.559. The lowest BCUT2D eigenvalue weighted by molar-refractivity contribution is -0.135. The zero-order chi connectivity index (χ0) is 22.7. The molecular formula is C24H26ClN3O3S. The van der Waals surface area contributed by atoms with Crippen molar-refractivity contribution in [1.82, 2.24) is 10.2 Å². The van der Waals surface area contributed by atoms with E-state index >= 15 is 0 Å². The molecule has 0 bridgehead atoms. The van der Waals surface area contributed by atoms with E-state index < -0.39 is 17.5 Å². The van der Waals surface area contributed by atoms with E-state index in [1.165, 1.54) is 11.8 Å². The van der Waals surface area contributed by atoms with E-state index in [1.807, 2.05) is 42.5 Å². The van der Waals surface area contributed by atoms with Gasteiger partial charge in [-0.3, -0.25) is 14.5 Å². The minimum atomic E-state index is -0.842. The van der Waals surface area contributed by atoms with Gasteiger partial charge in [0.2, 0.25) is 5.91 Å². The molecule has 0 radical (unpaired) electrons. The number of nitrogens with one attached hydrogen (secondary N) is 2. The molecule has 0 atom stereocenters. The molecule has 2 aromatic carbocycles. The van der Waals surface area contributed by atoms with Gasteiger partial charge in [0.05, 0.1) is 5.69 Å². The number of carbonyl (C=O) groups is 3. The van der Waals surface area contributed by atoms with E-state index in [0.717, 1.165) is 34.0 Å². The number of carbonyl (C=O) groups excluding carboxylic acids is 3. The zero-order valence-corrected chi connectivity index (χ0v) is 19.5. The fraction of sp³-hybridized carbons (Fsp3) is 0.375. The Morgan fingerprint density at radius 1 is 1.16 bits per heavy atom. The Morgan fingerprint density at radius 2 is 1.84 bits per heavy atom.